The molecule has 4 aromatic rings. The third-order valence-corrected chi connectivity index (χ3v) is 15.0. The summed E-state index contributed by atoms with van der Waals surface area (Å²) >= 11 is 0. The van der Waals surface area contributed by atoms with E-state index in [0.717, 1.165) is 69.1 Å². The lowest BCUT2D eigenvalue weighted by atomic mass is 9.73. The molecule has 4 atom stereocenters. The first-order chi connectivity index (χ1) is 36.2. The minimum Gasteiger partial charge on any atom is -0.390 e. The molecule has 2 amide bonds. The topological polar surface area (TPSA) is 191 Å². The summed E-state index contributed by atoms with van der Waals surface area (Å²) in [6, 6.07) is 24.1. The van der Waals surface area contributed by atoms with Crippen molar-refractivity contribution in [2.75, 3.05) is 27.2 Å². The molecule has 8 N–H and O–H groups in total. The SMILES string of the molecule is C.CC#N.CC(=O)N[C@@H](Cc1cc(F)cc(F)c1)[C@H](O)CNC1(c2cccc(C(C)(C)C)c2)CCC(NO)CC1.CON(C)C1CCC(NC[C@@H](O)[C@H](Cc2cc(F)cc(F)c2)NC(C)=O)(c2cccc(C(C)(C)C)c2)CC1. The average Bonchev–Trinajstić information content (AvgIpc) is 3.36. The maximum Gasteiger partial charge on any atom is 0.217 e. The van der Waals surface area contributed by atoms with Crippen LogP contribution in [0.25, 0.3) is 0 Å². The zero-order chi connectivity index (χ0) is 57.3. The number of hydrogen-bond acceptors (Lipinski definition) is 11. The molecule has 0 heterocycles. The van der Waals surface area contributed by atoms with Crippen LogP contribution in [0.15, 0.2) is 84.9 Å². The van der Waals surface area contributed by atoms with Gasteiger partial charge in [0.2, 0.25) is 11.8 Å². The van der Waals surface area contributed by atoms with Crippen LogP contribution < -0.4 is 26.7 Å². The monoisotopic (exact) mass is 1090 g/mol. The molecular weight excluding hydrogens is 1000 g/mol. The van der Waals surface area contributed by atoms with Crippen LogP contribution in [0.1, 0.15) is 154 Å². The number of amides is 2. The molecule has 0 unspecified atom stereocenters. The van der Waals surface area contributed by atoms with E-state index in [-0.39, 0.29) is 67.6 Å². The van der Waals surface area contributed by atoms with Gasteiger partial charge in [0, 0.05) is 76.2 Å². The molecule has 0 aromatic heterocycles. The quantitative estimate of drug-likeness (QED) is 0.0330. The molecule has 432 valence electrons. The molecule has 2 aliphatic rings. The van der Waals surface area contributed by atoms with Gasteiger partial charge >= 0.3 is 0 Å². The number of hydroxylamine groups is 3. The first kappa shape index (κ1) is 67.0. The summed E-state index contributed by atoms with van der Waals surface area (Å²) in [5.74, 6) is -3.44. The molecule has 4 aromatic carbocycles. The predicted molar refractivity (Wildman–Crippen MR) is 299 cm³/mol. The highest BCUT2D eigenvalue weighted by Gasteiger charge is 2.40. The van der Waals surface area contributed by atoms with Gasteiger partial charge < -0.3 is 41.5 Å². The Morgan fingerprint density at radius 2 is 1.03 bits per heavy atom. The van der Waals surface area contributed by atoms with Gasteiger partial charge in [-0.2, -0.15) is 10.3 Å². The summed E-state index contributed by atoms with van der Waals surface area (Å²) in [4.78, 5) is 29.2. The summed E-state index contributed by atoms with van der Waals surface area (Å²) in [6.07, 6.45) is 4.67. The molecule has 78 heavy (non-hydrogen) atoms. The van der Waals surface area contributed by atoms with E-state index in [1.807, 2.05) is 18.2 Å². The fourth-order valence-electron chi connectivity index (χ4n) is 10.5. The van der Waals surface area contributed by atoms with Gasteiger partial charge in [-0.1, -0.05) is 97.5 Å². The van der Waals surface area contributed by atoms with Crippen molar-refractivity contribution in [2.45, 2.75) is 192 Å². The van der Waals surface area contributed by atoms with E-state index in [1.54, 1.807) is 13.2 Å². The number of aliphatic hydroxyl groups is 2. The van der Waals surface area contributed by atoms with Crippen LogP contribution in [0.5, 0.6) is 0 Å². The van der Waals surface area contributed by atoms with Gasteiger partial charge in [0.25, 0.3) is 0 Å². The Kier molecular flexibility index (Phi) is 26.1. The van der Waals surface area contributed by atoms with Crippen molar-refractivity contribution >= 4 is 11.8 Å². The molecule has 0 bridgehead atoms. The Morgan fingerprint density at radius 1 is 0.679 bits per heavy atom. The molecule has 13 nitrogen and oxygen atoms in total. The maximum absolute atomic E-state index is 13.8. The van der Waals surface area contributed by atoms with Crippen LogP contribution >= 0.6 is 0 Å². The van der Waals surface area contributed by atoms with Crippen molar-refractivity contribution in [3.05, 3.63) is 142 Å². The Hall–Kier alpha value is -5.29. The van der Waals surface area contributed by atoms with Crippen LogP contribution in [0, 0.1) is 34.6 Å². The van der Waals surface area contributed by atoms with E-state index >= 15 is 0 Å². The van der Waals surface area contributed by atoms with Crippen molar-refractivity contribution in [2.24, 2.45) is 0 Å². The highest BCUT2D eigenvalue weighted by molar-refractivity contribution is 5.73. The van der Waals surface area contributed by atoms with Crippen molar-refractivity contribution in [1.29, 1.82) is 5.26 Å². The second-order valence-corrected chi connectivity index (χ2v) is 22.9. The standard InChI is InChI=1S/C30H43F2N3O3.C28H39F2N3O3.C2H3N.CH4/c1-20(36)34-27(16-21-14-24(31)18-25(32)15-21)28(37)19-33-30(12-10-26(11-13-30)35(5)38-6)23-9-7-8-22(17-23)29(2,3)4;1-18(34)32-25(14-19-12-22(29)16-23(30)13-19)26(35)17-31-28(10-8-24(33-36)9-11-28)21-7-5-6-20(15-21)27(2,3)4;1-2-3;/h7-9,14-15,17-18,26-28,33,37H,10-13,16,19H2,1-6H3,(H,34,36);5-7,12-13,15-16,24-26,31,33,35-36H,8-11,14,17H2,1-4H3,(H,32,34);1H3;1H4/t26?,27-,28+,30?;24?,25-,26+,28?;;/m00../s1. The van der Waals surface area contributed by atoms with Crippen molar-refractivity contribution in [3.8, 4) is 6.07 Å². The Bertz CT molecular complexity index is 2510. The lowest BCUT2D eigenvalue weighted by Crippen LogP contribution is -2.54. The summed E-state index contributed by atoms with van der Waals surface area (Å²) in [5, 5.41) is 53.7. The fraction of sp³-hybridized carbons (Fsp3) is 0.557. The number of halogens is 4. The Labute approximate surface area is 461 Å². The molecule has 6 rings (SSSR count). The number of nitrogens with one attached hydrogen (secondary N) is 5. The van der Waals surface area contributed by atoms with Gasteiger partial charge in [0.05, 0.1) is 37.5 Å². The molecular formula is C61H89F4N7O6. The number of benzene rings is 4. The highest BCUT2D eigenvalue weighted by atomic mass is 19.1. The average molecular weight is 1090 g/mol. The third-order valence-electron chi connectivity index (χ3n) is 15.0. The molecule has 0 aliphatic heterocycles. The zero-order valence-electron chi connectivity index (χ0n) is 47.0. The molecule has 2 saturated carbocycles. The zero-order valence-corrected chi connectivity index (χ0v) is 47.0. The van der Waals surface area contributed by atoms with Gasteiger partial charge in [-0.15, -0.1) is 0 Å². The molecule has 0 radical (unpaired) electrons. The molecule has 2 aliphatic carbocycles. The van der Waals surface area contributed by atoms with E-state index in [1.165, 1.54) is 61.7 Å². The molecule has 0 spiro atoms. The van der Waals surface area contributed by atoms with Gasteiger partial charge in [-0.3, -0.25) is 9.59 Å². The van der Waals surface area contributed by atoms with Gasteiger partial charge in [-0.05, 0) is 133 Å². The summed E-state index contributed by atoms with van der Waals surface area (Å²) < 4.78 is 55.0. The van der Waals surface area contributed by atoms with E-state index in [4.69, 9.17) is 10.1 Å². The van der Waals surface area contributed by atoms with Gasteiger partial charge in [0.1, 0.15) is 23.3 Å². The smallest absolute Gasteiger partial charge is 0.217 e. The summed E-state index contributed by atoms with van der Waals surface area (Å²) in [5.41, 5.74) is 6.97. The van der Waals surface area contributed by atoms with Crippen molar-refractivity contribution in [3.63, 3.8) is 0 Å². The highest BCUT2D eigenvalue weighted by Crippen LogP contribution is 2.41. The van der Waals surface area contributed by atoms with Crippen LogP contribution in [0.2, 0.25) is 0 Å². The van der Waals surface area contributed by atoms with E-state index in [0.29, 0.717) is 17.2 Å². The van der Waals surface area contributed by atoms with Gasteiger partial charge in [-0.25, -0.2) is 23.0 Å². The maximum atomic E-state index is 13.8. The van der Waals surface area contributed by atoms with Crippen LogP contribution in [-0.2, 0) is 49.2 Å². The van der Waals surface area contributed by atoms with Crippen LogP contribution in [0.4, 0.5) is 17.6 Å². The lowest BCUT2D eigenvalue weighted by Gasteiger charge is -2.44. The van der Waals surface area contributed by atoms with Gasteiger partial charge in [0.15, 0.2) is 0 Å². The molecule has 0 saturated heterocycles. The number of rotatable bonds is 19. The largest absolute Gasteiger partial charge is 0.390 e. The number of nitrogens with zero attached hydrogens (tertiary/aromatic N) is 2. The normalized spacial score (nSPS) is 20.9. The first-order valence-corrected chi connectivity index (χ1v) is 26.7. The summed E-state index contributed by atoms with van der Waals surface area (Å²) in [6.45, 7) is 17.6. The number of carbonyl (C=O) groups is 2. The second kappa shape index (κ2) is 30.3. The van der Waals surface area contributed by atoms with E-state index in [2.05, 4.69) is 111 Å². The second-order valence-electron chi connectivity index (χ2n) is 22.9. The Balaban J connectivity index is 0.000000386. The number of nitriles is 1. The number of carbonyl (C=O) groups excluding carboxylic acids is 2. The van der Waals surface area contributed by atoms with Crippen molar-refractivity contribution < 1.29 is 47.4 Å². The Morgan fingerprint density at radius 3 is 1.33 bits per heavy atom. The van der Waals surface area contributed by atoms with Crippen LogP contribution in [0.3, 0.4) is 0 Å². The number of hydrogen-bond donors (Lipinski definition) is 8. The van der Waals surface area contributed by atoms with Crippen LogP contribution in [-0.4, -0.2) is 95.9 Å². The molecule has 17 heteroatoms. The van der Waals surface area contributed by atoms with Crippen molar-refractivity contribution in [1.82, 2.24) is 31.8 Å². The minimum atomic E-state index is -1.00. The molecule has 2 fully saturated rings. The lowest BCUT2D eigenvalue weighted by molar-refractivity contribution is -0.151. The van der Waals surface area contributed by atoms with E-state index < -0.39 is 53.1 Å². The third kappa shape index (κ3) is 20.1. The van der Waals surface area contributed by atoms with E-state index in [9.17, 15) is 42.6 Å². The summed E-state index contributed by atoms with van der Waals surface area (Å²) in [7, 11) is 3.62. The first-order valence-electron chi connectivity index (χ1n) is 26.7. The predicted octanol–water partition coefficient (Wildman–Crippen LogP) is 9.83. The number of aliphatic hydroxyl groups excluding tert-OH is 2. The fourth-order valence-corrected chi connectivity index (χ4v) is 10.5. The minimum absolute atomic E-state index is 0.